The Morgan fingerprint density at radius 1 is 1.00 bits per heavy atom. The molecule has 2 aromatic heterocycles. The second-order valence-corrected chi connectivity index (χ2v) is 7.92. The van der Waals surface area contributed by atoms with Crippen molar-refractivity contribution in [2.45, 2.75) is 6.54 Å². The molecular weight excluding hydrogens is 422 g/mol. The molecule has 160 valence electrons. The molecular formula is C20H20ClN7O3. The van der Waals surface area contributed by atoms with Crippen LogP contribution >= 0.6 is 11.6 Å². The number of anilines is 1. The second kappa shape index (κ2) is 7.71. The van der Waals surface area contributed by atoms with Crippen molar-refractivity contribution in [3.8, 4) is 0 Å². The van der Waals surface area contributed by atoms with Gasteiger partial charge in [0.2, 0.25) is 10.9 Å². The van der Waals surface area contributed by atoms with Crippen LogP contribution in [0, 0.1) is 10.7 Å². The maximum Gasteiger partial charge on any atom is 0.232 e. The summed E-state index contributed by atoms with van der Waals surface area (Å²) < 4.78 is 1.51. The minimum absolute atomic E-state index is 0.0656. The van der Waals surface area contributed by atoms with E-state index in [4.69, 9.17) is 11.6 Å². The number of nitrogens with zero attached hydrogens (tertiary/aromatic N) is 6. The molecule has 10 nitrogen and oxygen atoms in total. The van der Waals surface area contributed by atoms with Crippen LogP contribution in [0.15, 0.2) is 46.2 Å². The molecule has 1 saturated heterocycles. The smallest absolute Gasteiger partial charge is 0.232 e. The highest BCUT2D eigenvalue weighted by molar-refractivity contribution is 6.30. The Morgan fingerprint density at radius 2 is 1.81 bits per heavy atom. The van der Waals surface area contributed by atoms with Crippen molar-refractivity contribution in [1.29, 1.82) is 0 Å². The van der Waals surface area contributed by atoms with Crippen LogP contribution in [0.5, 0.6) is 0 Å². The summed E-state index contributed by atoms with van der Waals surface area (Å²) >= 11 is 5.91. The molecule has 0 unspecified atom stereocenters. The SMILES string of the molecule is O=c1c2n(O)[nH]n(CCN3CCN(c4ccc(Cl)cn4)CC3)c=2c(=O)c2ncccc12. The average Bonchev–Trinajstić information content (AvgIpc) is 3.13. The van der Waals surface area contributed by atoms with Crippen LogP contribution in [0.25, 0.3) is 10.9 Å². The minimum Gasteiger partial charge on any atom is -0.412 e. The third-order valence-electron chi connectivity index (χ3n) is 5.67. The predicted molar refractivity (Wildman–Crippen MR) is 115 cm³/mol. The largest absolute Gasteiger partial charge is 0.412 e. The fourth-order valence-electron chi connectivity index (χ4n) is 4.04. The summed E-state index contributed by atoms with van der Waals surface area (Å²) in [4.78, 5) is 39.2. The highest BCUT2D eigenvalue weighted by Crippen LogP contribution is 2.16. The van der Waals surface area contributed by atoms with Gasteiger partial charge in [0.15, 0.2) is 5.35 Å². The van der Waals surface area contributed by atoms with Crippen molar-refractivity contribution >= 4 is 28.3 Å². The minimum atomic E-state index is -0.431. The number of nitrogens with one attached hydrogen (secondary N) is 1. The number of halogens is 1. The topological polar surface area (TPSA) is 112 Å². The molecule has 4 heterocycles. The Kier molecular flexibility index (Phi) is 4.87. The van der Waals surface area contributed by atoms with E-state index in [1.54, 1.807) is 12.3 Å². The zero-order valence-electron chi connectivity index (χ0n) is 16.5. The first-order valence-corrected chi connectivity index (χ1v) is 10.3. The first-order valence-electron chi connectivity index (χ1n) is 9.93. The lowest BCUT2D eigenvalue weighted by atomic mass is 10.2. The molecule has 0 radical (unpaired) electrons. The van der Waals surface area contributed by atoms with E-state index >= 15 is 0 Å². The van der Waals surface area contributed by atoms with Gasteiger partial charge in [-0.25, -0.2) is 10.2 Å². The van der Waals surface area contributed by atoms with Gasteiger partial charge in [-0.1, -0.05) is 11.6 Å². The van der Waals surface area contributed by atoms with E-state index in [0.29, 0.717) is 23.0 Å². The van der Waals surface area contributed by atoms with Crippen LogP contribution in [-0.2, 0) is 6.54 Å². The lowest BCUT2D eigenvalue weighted by Crippen LogP contribution is -2.47. The third kappa shape index (κ3) is 3.43. The summed E-state index contributed by atoms with van der Waals surface area (Å²) in [7, 11) is 0. The Balaban J connectivity index is 1.36. The molecule has 2 N–H and O–H groups in total. The molecule has 2 aliphatic heterocycles. The molecule has 0 aromatic carbocycles. The second-order valence-electron chi connectivity index (χ2n) is 7.48. The van der Waals surface area contributed by atoms with Gasteiger partial charge < -0.3 is 10.1 Å². The van der Waals surface area contributed by atoms with Crippen LogP contribution in [0.1, 0.15) is 0 Å². The molecule has 11 heteroatoms. The molecule has 0 amide bonds. The molecule has 0 spiro atoms. The van der Waals surface area contributed by atoms with Gasteiger partial charge >= 0.3 is 0 Å². The van der Waals surface area contributed by atoms with E-state index in [0.717, 1.165) is 32.0 Å². The Labute approximate surface area is 180 Å². The molecule has 0 atom stereocenters. The van der Waals surface area contributed by atoms with Crippen molar-refractivity contribution in [2.75, 3.05) is 37.6 Å². The molecule has 1 aliphatic carbocycles. The maximum atomic E-state index is 12.9. The fraction of sp³-hybridized carbons (Fsp3) is 0.300. The highest BCUT2D eigenvalue weighted by atomic mass is 35.5. The summed E-state index contributed by atoms with van der Waals surface area (Å²) in [5.74, 6) is 0.897. The van der Waals surface area contributed by atoms with Gasteiger partial charge in [0.25, 0.3) is 0 Å². The van der Waals surface area contributed by atoms with Gasteiger partial charge in [0, 0.05) is 45.1 Å². The van der Waals surface area contributed by atoms with E-state index < -0.39 is 5.43 Å². The number of pyridine rings is 2. The predicted octanol–water partition coefficient (Wildman–Crippen LogP) is 0.719. The first-order chi connectivity index (χ1) is 15.0. The lowest BCUT2D eigenvalue weighted by Gasteiger charge is -2.35. The van der Waals surface area contributed by atoms with Crippen molar-refractivity contribution < 1.29 is 5.21 Å². The Hall–Kier alpha value is -3.37. The van der Waals surface area contributed by atoms with Crippen molar-refractivity contribution in [3.63, 3.8) is 0 Å². The van der Waals surface area contributed by atoms with Gasteiger partial charge in [-0.3, -0.25) is 24.2 Å². The average molecular weight is 442 g/mol. The van der Waals surface area contributed by atoms with Gasteiger partial charge in [-0.05, 0) is 24.3 Å². The molecule has 3 aliphatic rings. The number of aromatic nitrogens is 5. The lowest BCUT2D eigenvalue weighted by molar-refractivity contribution is 0.126. The zero-order chi connectivity index (χ0) is 21.5. The van der Waals surface area contributed by atoms with E-state index in [2.05, 4.69) is 25.0 Å². The van der Waals surface area contributed by atoms with Crippen LogP contribution in [0.2, 0.25) is 5.02 Å². The Bertz CT molecular complexity index is 1420. The summed E-state index contributed by atoms with van der Waals surface area (Å²) in [6.07, 6.45) is 3.12. The molecule has 0 saturated carbocycles. The normalized spacial score (nSPS) is 15.2. The number of H-pyrrole nitrogens is 1. The van der Waals surface area contributed by atoms with Gasteiger partial charge in [-0.2, -0.15) is 0 Å². The number of hydrogen-bond acceptors (Lipinski definition) is 7. The van der Waals surface area contributed by atoms with Crippen LogP contribution in [0.4, 0.5) is 5.82 Å². The van der Waals surface area contributed by atoms with E-state index in [1.165, 1.54) is 16.9 Å². The summed E-state index contributed by atoms with van der Waals surface area (Å²) in [5.41, 5.74) is -0.704. The molecule has 5 rings (SSSR count). The van der Waals surface area contributed by atoms with Crippen LogP contribution in [0.3, 0.4) is 0 Å². The van der Waals surface area contributed by atoms with Crippen molar-refractivity contribution in [2.24, 2.45) is 0 Å². The number of hydrogen-bond donors (Lipinski definition) is 2. The maximum absolute atomic E-state index is 12.9. The summed E-state index contributed by atoms with van der Waals surface area (Å²) in [6, 6.07) is 6.87. The van der Waals surface area contributed by atoms with E-state index in [9.17, 15) is 14.8 Å². The quantitative estimate of drug-likeness (QED) is 0.449. The number of piperazine rings is 1. The number of aromatic amines is 1. The van der Waals surface area contributed by atoms with Gasteiger partial charge in [0.05, 0.1) is 17.0 Å². The standard InChI is InChI=1S/C20H20ClN7O3/c21-13-3-4-15(23-12-13)26-9-6-25(7-10-26)8-11-27-17-18(28(31)24-27)19(29)14-2-1-5-22-16(14)20(17)30/h1-5,12,24,31H,6-11H2. The van der Waals surface area contributed by atoms with E-state index in [1.807, 2.05) is 12.1 Å². The molecule has 31 heavy (non-hydrogen) atoms. The summed E-state index contributed by atoms with van der Waals surface area (Å²) in [6.45, 7) is 4.34. The third-order valence-corrected chi connectivity index (χ3v) is 5.89. The van der Waals surface area contributed by atoms with Crippen LogP contribution in [-0.4, -0.2) is 67.5 Å². The van der Waals surface area contributed by atoms with E-state index in [-0.39, 0.29) is 27.0 Å². The molecule has 1 fully saturated rings. The number of fused-ring (bicyclic) bond motifs is 1. The van der Waals surface area contributed by atoms with Gasteiger partial charge in [-0.15, -0.1) is 4.85 Å². The van der Waals surface area contributed by atoms with Crippen LogP contribution < -0.4 is 15.8 Å². The monoisotopic (exact) mass is 441 g/mol. The summed E-state index contributed by atoms with van der Waals surface area (Å²) in [5, 5.41) is 13.8. The molecule has 0 bridgehead atoms. The van der Waals surface area contributed by atoms with Crippen molar-refractivity contribution in [3.05, 3.63) is 72.8 Å². The molecule has 2 aromatic rings. The zero-order valence-corrected chi connectivity index (χ0v) is 17.3. The highest BCUT2D eigenvalue weighted by Gasteiger charge is 2.20. The van der Waals surface area contributed by atoms with Gasteiger partial charge in [0.1, 0.15) is 16.7 Å². The number of rotatable bonds is 4. The Morgan fingerprint density at radius 3 is 2.55 bits per heavy atom. The first kappa shape index (κ1) is 19.6. The fourth-order valence-corrected chi connectivity index (χ4v) is 4.16. The van der Waals surface area contributed by atoms with Crippen molar-refractivity contribution in [1.82, 2.24) is 29.6 Å².